The standard InChI is InChI=1S/C46H51N9O10S2/c1-4-7-19-63-37-27-36(32(47)26-33(37)48)53-51-34-17-15-28(22-38(34)64-20-8-5-2)29-16-18-35(39(23-29)65-21-9-6-3)52-54-44-40(66(57,58)59)24-30-25-41(67(60,61)62)45(46(56)42(30)43(44)49)55-50-31-13-11-10-12-14-31/h10-18,22-27,56H,4-9,19-21,47-49H2,1-3H3,(H,57,58,59)(H,60,61,62). The molecule has 0 aliphatic rings. The van der Waals surface area contributed by atoms with Crippen molar-refractivity contribution in [1.82, 2.24) is 0 Å². The minimum Gasteiger partial charge on any atom is -0.505 e. The van der Waals surface area contributed by atoms with Gasteiger partial charge in [0.25, 0.3) is 20.2 Å². The maximum absolute atomic E-state index is 12.8. The molecule has 352 valence electrons. The molecule has 0 saturated carbocycles. The lowest BCUT2D eigenvalue weighted by molar-refractivity contribution is 0.310. The Hall–Kier alpha value is -7.20. The predicted molar refractivity (Wildman–Crippen MR) is 257 cm³/mol. The van der Waals surface area contributed by atoms with Gasteiger partial charge in [-0.2, -0.15) is 21.9 Å². The van der Waals surface area contributed by atoms with Crippen molar-refractivity contribution in [3.05, 3.63) is 91.0 Å². The fraction of sp³-hybridized carbons (Fsp3) is 0.261. The van der Waals surface area contributed by atoms with Gasteiger partial charge in [-0.05, 0) is 90.4 Å². The van der Waals surface area contributed by atoms with Gasteiger partial charge in [-0.15, -0.1) is 25.6 Å². The number of phenols is 1. The number of phenolic OH excluding ortho intramolecular Hbond substituents is 1. The molecule has 19 nitrogen and oxygen atoms in total. The first-order chi connectivity index (χ1) is 32.0. The van der Waals surface area contributed by atoms with Gasteiger partial charge in [-0.25, -0.2) is 0 Å². The molecule has 6 rings (SSSR count). The van der Waals surface area contributed by atoms with Gasteiger partial charge >= 0.3 is 0 Å². The molecule has 0 atom stereocenters. The van der Waals surface area contributed by atoms with Crippen LogP contribution in [0.15, 0.2) is 131 Å². The van der Waals surface area contributed by atoms with E-state index in [2.05, 4.69) is 37.6 Å². The van der Waals surface area contributed by atoms with Crippen molar-refractivity contribution in [2.24, 2.45) is 30.7 Å². The van der Waals surface area contributed by atoms with Crippen LogP contribution in [0.4, 0.5) is 51.2 Å². The molecule has 9 N–H and O–H groups in total. The lowest BCUT2D eigenvalue weighted by Gasteiger charge is -2.15. The Morgan fingerprint density at radius 3 is 1.52 bits per heavy atom. The third-order valence-electron chi connectivity index (χ3n) is 10.1. The average molecular weight is 954 g/mol. The second kappa shape index (κ2) is 21.9. The van der Waals surface area contributed by atoms with E-state index in [4.69, 9.17) is 31.4 Å². The zero-order valence-corrected chi connectivity index (χ0v) is 38.6. The van der Waals surface area contributed by atoms with Crippen molar-refractivity contribution in [2.45, 2.75) is 69.1 Å². The van der Waals surface area contributed by atoms with Crippen molar-refractivity contribution in [3.8, 4) is 34.1 Å². The summed E-state index contributed by atoms with van der Waals surface area (Å²) in [6.45, 7) is 7.28. The van der Waals surface area contributed by atoms with Crippen molar-refractivity contribution in [1.29, 1.82) is 0 Å². The number of rotatable bonds is 21. The molecule has 0 aromatic heterocycles. The van der Waals surface area contributed by atoms with Gasteiger partial charge in [0.15, 0.2) is 5.75 Å². The summed E-state index contributed by atoms with van der Waals surface area (Å²) < 4.78 is 89.2. The van der Waals surface area contributed by atoms with E-state index >= 15 is 0 Å². The van der Waals surface area contributed by atoms with E-state index in [0.29, 0.717) is 65.0 Å². The van der Waals surface area contributed by atoms with E-state index in [1.54, 1.807) is 66.7 Å². The number of unbranched alkanes of at least 4 members (excludes halogenated alkanes) is 3. The number of hydrogen-bond acceptors (Lipinski definition) is 17. The summed E-state index contributed by atoms with van der Waals surface area (Å²) in [6.07, 6.45) is 4.97. The zero-order chi connectivity index (χ0) is 48.3. The fourth-order valence-corrected chi connectivity index (χ4v) is 7.83. The van der Waals surface area contributed by atoms with Crippen molar-refractivity contribution < 1.29 is 45.3 Å². The van der Waals surface area contributed by atoms with Gasteiger partial charge in [0.2, 0.25) is 0 Å². The number of benzene rings is 6. The Morgan fingerprint density at radius 1 is 0.522 bits per heavy atom. The number of hydrogen-bond donors (Lipinski definition) is 6. The van der Waals surface area contributed by atoms with Gasteiger partial charge in [0, 0.05) is 6.07 Å². The molecule has 0 aliphatic carbocycles. The lowest BCUT2D eigenvalue weighted by Crippen LogP contribution is -2.03. The second-order valence-corrected chi connectivity index (χ2v) is 17.9. The first-order valence-electron chi connectivity index (χ1n) is 21.3. The molecule has 0 unspecified atom stereocenters. The molecule has 0 bridgehead atoms. The van der Waals surface area contributed by atoms with Crippen molar-refractivity contribution in [2.75, 3.05) is 37.0 Å². The largest absolute Gasteiger partial charge is 0.505 e. The molecule has 0 aliphatic heterocycles. The SMILES string of the molecule is CCCCOc1cc(N=Nc2ccc(-c3ccc(N=Nc4c(S(=O)(=O)O)cc5cc(S(=O)(=O)O)c(N=Nc6ccccc6)c(O)c5c4N)c(OCCCC)c3)cc2OCCCC)c(N)cc1N. The summed E-state index contributed by atoms with van der Waals surface area (Å²) in [6, 6.07) is 23.4. The summed E-state index contributed by atoms with van der Waals surface area (Å²) in [7, 11) is -10.2. The van der Waals surface area contributed by atoms with E-state index in [9.17, 15) is 31.0 Å². The minimum absolute atomic E-state index is 0.132. The monoisotopic (exact) mass is 953 g/mol. The first kappa shape index (κ1) is 49.2. The quantitative estimate of drug-likeness (QED) is 0.0169. The molecule has 67 heavy (non-hydrogen) atoms. The highest BCUT2D eigenvalue weighted by Gasteiger charge is 2.28. The van der Waals surface area contributed by atoms with E-state index in [-0.39, 0.29) is 34.5 Å². The van der Waals surface area contributed by atoms with Crippen LogP contribution in [-0.2, 0) is 20.2 Å². The zero-order valence-electron chi connectivity index (χ0n) is 37.0. The summed E-state index contributed by atoms with van der Waals surface area (Å²) in [5, 5.41) is 36.0. The van der Waals surface area contributed by atoms with E-state index in [1.165, 1.54) is 0 Å². The Kier molecular flexibility index (Phi) is 16.1. The predicted octanol–water partition coefficient (Wildman–Crippen LogP) is 12.2. The van der Waals surface area contributed by atoms with E-state index < -0.39 is 52.8 Å². The van der Waals surface area contributed by atoms with Crippen molar-refractivity contribution >= 4 is 82.2 Å². The van der Waals surface area contributed by atoms with Gasteiger partial charge in [0.1, 0.15) is 55.5 Å². The Labute approximate surface area is 387 Å². The molecule has 0 saturated heterocycles. The molecule has 0 radical (unpaired) electrons. The maximum atomic E-state index is 12.8. The normalized spacial score (nSPS) is 12.2. The second-order valence-electron chi connectivity index (χ2n) is 15.1. The van der Waals surface area contributed by atoms with Crippen LogP contribution in [0.2, 0.25) is 0 Å². The third kappa shape index (κ3) is 12.2. The third-order valence-corrected chi connectivity index (χ3v) is 11.8. The van der Waals surface area contributed by atoms with Gasteiger partial charge in [-0.1, -0.05) is 70.4 Å². The topological polar surface area (TPSA) is 309 Å². The number of nitrogens with two attached hydrogens (primary N) is 3. The molecule has 0 heterocycles. The molecule has 6 aromatic rings. The Bertz CT molecular complexity index is 3080. The smallest absolute Gasteiger partial charge is 0.296 e. The van der Waals surface area contributed by atoms with Gasteiger partial charge < -0.3 is 36.5 Å². The summed E-state index contributed by atoms with van der Waals surface area (Å²) in [4.78, 5) is -1.79. The highest BCUT2D eigenvalue weighted by atomic mass is 32.2. The number of nitrogens with zero attached hydrogens (tertiary/aromatic N) is 6. The van der Waals surface area contributed by atoms with Crippen LogP contribution in [0.25, 0.3) is 21.9 Å². The van der Waals surface area contributed by atoms with Gasteiger partial charge in [-0.3, -0.25) is 9.11 Å². The maximum Gasteiger partial charge on any atom is 0.296 e. The van der Waals surface area contributed by atoms with Crippen LogP contribution >= 0.6 is 0 Å². The number of nitrogen functional groups attached to an aromatic ring is 3. The number of azo groups is 3. The molecule has 0 fully saturated rings. The molecule has 6 aromatic carbocycles. The highest BCUT2D eigenvalue weighted by molar-refractivity contribution is 7.86. The molecular formula is C46H51N9O10S2. The van der Waals surface area contributed by atoms with Crippen LogP contribution in [0.3, 0.4) is 0 Å². The Balaban J connectivity index is 1.42. The summed E-state index contributed by atoms with van der Waals surface area (Å²) >= 11 is 0. The average Bonchev–Trinajstić information content (AvgIpc) is 3.29. The van der Waals surface area contributed by atoms with Crippen LogP contribution in [0.1, 0.15) is 59.3 Å². The lowest BCUT2D eigenvalue weighted by atomic mass is 10.0. The first-order valence-corrected chi connectivity index (χ1v) is 24.1. The van der Waals surface area contributed by atoms with Crippen molar-refractivity contribution in [3.63, 3.8) is 0 Å². The van der Waals surface area contributed by atoms with Crippen LogP contribution < -0.4 is 31.4 Å². The summed E-state index contributed by atoms with van der Waals surface area (Å²) in [5.41, 5.74) is 20.4. The summed E-state index contributed by atoms with van der Waals surface area (Å²) in [5.74, 6) is 0.273. The van der Waals surface area contributed by atoms with Crippen LogP contribution in [0.5, 0.6) is 23.0 Å². The number of anilines is 3. The van der Waals surface area contributed by atoms with E-state index in [1.807, 2.05) is 26.0 Å². The number of aromatic hydroxyl groups is 1. The van der Waals surface area contributed by atoms with E-state index in [0.717, 1.165) is 44.2 Å². The van der Waals surface area contributed by atoms with Crippen LogP contribution in [0, 0.1) is 0 Å². The van der Waals surface area contributed by atoms with Gasteiger partial charge in [0.05, 0.1) is 48.0 Å². The molecular weight excluding hydrogens is 903 g/mol. The molecule has 0 amide bonds. The highest BCUT2D eigenvalue weighted by Crippen LogP contribution is 2.49. The molecule has 0 spiro atoms. The number of fused-ring (bicyclic) bond motifs is 1. The number of ether oxygens (including phenoxy) is 3. The van der Waals surface area contributed by atoms with Crippen LogP contribution in [-0.4, -0.2) is 50.9 Å². The molecule has 21 heteroatoms. The minimum atomic E-state index is -5.13. The Morgan fingerprint density at radius 2 is 1.00 bits per heavy atom. The fourth-order valence-electron chi connectivity index (χ4n) is 6.50.